The number of hydrogen-bond acceptors (Lipinski definition) is 4. The molecule has 0 unspecified atom stereocenters. The van der Waals surface area contributed by atoms with E-state index >= 15 is 0 Å². The molecule has 1 heterocycles. The third-order valence-electron chi connectivity index (χ3n) is 2.94. The third-order valence-corrected chi connectivity index (χ3v) is 2.94. The van der Waals surface area contributed by atoms with Crippen molar-refractivity contribution in [3.8, 4) is 17.0 Å². The molecule has 5 nitrogen and oxygen atoms in total. The van der Waals surface area contributed by atoms with Gasteiger partial charge < -0.3 is 14.8 Å². The highest BCUT2D eigenvalue weighted by molar-refractivity contribution is 5.67. The minimum absolute atomic E-state index is 0.203. The molecule has 2 rings (SSSR count). The summed E-state index contributed by atoms with van der Waals surface area (Å²) >= 11 is 0. The highest BCUT2D eigenvalue weighted by Crippen LogP contribution is 2.23. The number of rotatable bonds is 5. The summed E-state index contributed by atoms with van der Waals surface area (Å²) in [5, 5.41) is 10.0. The van der Waals surface area contributed by atoms with Crippen molar-refractivity contribution >= 4 is 0 Å². The van der Waals surface area contributed by atoms with Gasteiger partial charge in [0.15, 0.2) is 0 Å². The van der Waals surface area contributed by atoms with Crippen molar-refractivity contribution in [3.05, 3.63) is 46.0 Å². The minimum Gasteiger partial charge on any atom is -0.493 e. The topological polar surface area (TPSA) is 75.2 Å². The first kappa shape index (κ1) is 14.3. The lowest BCUT2D eigenvalue weighted by atomic mass is 10.1. The van der Waals surface area contributed by atoms with E-state index in [4.69, 9.17) is 4.74 Å². The van der Waals surface area contributed by atoms with Gasteiger partial charge in [-0.25, -0.2) is 0 Å². The van der Waals surface area contributed by atoms with Crippen molar-refractivity contribution in [2.24, 2.45) is 0 Å². The van der Waals surface area contributed by atoms with E-state index in [0.29, 0.717) is 31.0 Å². The number of H-pyrrole nitrogens is 1. The van der Waals surface area contributed by atoms with Crippen LogP contribution in [0.25, 0.3) is 11.1 Å². The Morgan fingerprint density at radius 3 is 2.85 bits per heavy atom. The predicted molar refractivity (Wildman–Crippen MR) is 76.9 cm³/mol. The summed E-state index contributed by atoms with van der Waals surface area (Å²) in [6.45, 7) is 4.90. The highest BCUT2D eigenvalue weighted by atomic mass is 16.5. The summed E-state index contributed by atoms with van der Waals surface area (Å²) in [5.41, 5.74) is 1.54. The zero-order valence-corrected chi connectivity index (χ0v) is 11.6. The van der Waals surface area contributed by atoms with Gasteiger partial charge in [-0.3, -0.25) is 4.79 Å². The van der Waals surface area contributed by atoms with Crippen LogP contribution in [0.1, 0.15) is 18.3 Å². The first-order chi connectivity index (χ1) is 9.61. The molecule has 0 aliphatic carbocycles. The number of nitrogens with one attached hydrogen (secondary N) is 1. The van der Waals surface area contributed by atoms with Crippen LogP contribution in [0.15, 0.2) is 29.1 Å². The van der Waals surface area contributed by atoms with E-state index in [-0.39, 0.29) is 17.0 Å². The average Bonchev–Trinajstić information content (AvgIpc) is 2.38. The van der Waals surface area contributed by atoms with Crippen LogP contribution in [0.5, 0.6) is 5.88 Å². The number of aromatic hydroxyl groups is 1. The molecule has 2 aromatic rings. The zero-order valence-electron chi connectivity index (χ0n) is 11.6. The summed E-state index contributed by atoms with van der Waals surface area (Å²) in [6, 6.07) is 7.38. The summed E-state index contributed by atoms with van der Waals surface area (Å²) < 4.78 is 5.20. The van der Waals surface area contributed by atoms with Gasteiger partial charge in [-0.15, -0.1) is 0 Å². The molecule has 0 saturated carbocycles. The van der Waals surface area contributed by atoms with E-state index in [2.05, 4.69) is 9.97 Å². The number of aromatic amines is 1. The van der Waals surface area contributed by atoms with E-state index in [1.165, 1.54) is 0 Å². The molecule has 0 spiro atoms. The molecule has 0 radical (unpaired) electrons. The number of aryl methyl sites for hydroxylation is 1. The first-order valence-corrected chi connectivity index (χ1v) is 6.58. The maximum Gasteiger partial charge on any atom is 0.262 e. The fraction of sp³-hybridized carbons (Fsp3) is 0.333. The van der Waals surface area contributed by atoms with Crippen molar-refractivity contribution in [3.63, 3.8) is 0 Å². The monoisotopic (exact) mass is 274 g/mol. The Kier molecular flexibility index (Phi) is 4.53. The molecule has 106 valence electrons. The fourth-order valence-corrected chi connectivity index (χ4v) is 2.00. The molecule has 1 aromatic carbocycles. The van der Waals surface area contributed by atoms with Gasteiger partial charge in [-0.05, 0) is 19.4 Å². The SMILES string of the molecule is CCOCCc1nc(O)c(-c2cccc(C)c2)c(=O)[nH]1. The molecule has 5 heteroatoms. The van der Waals surface area contributed by atoms with Crippen LogP contribution in [-0.4, -0.2) is 28.3 Å². The van der Waals surface area contributed by atoms with Gasteiger partial charge in [0, 0.05) is 13.0 Å². The molecular weight excluding hydrogens is 256 g/mol. The van der Waals surface area contributed by atoms with Crippen molar-refractivity contribution < 1.29 is 9.84 Å². The quantitative estimate of drug-likeness (QED) is 0.818. The molecule has 2 N–H and O–H groups in total. The molecule has 0 atom stereocenters. The van der Waals surface area contributed by atoms with Crippen LogP contribution in [0.3, 0.4) is 0 Å². The fourth-order valence-electron chi connectivity index (χ4n) is 2.00. The number of aromatic nitrogens is 2. The molecule has 0 fully saturated rings. The van der Waals surface area contributed by atoms with Gasteiger partial charge in [0.25, 0.3) is 5.56 Å². The standard InChI is InChI=1S/C15H18N2O3/c1-3-20-8-7-12-16-14(18)13(15(19)17-12)11-6-4-5-10(2)9-11/h4-6,9H,3,7-8H2,1-2H3,(H2,16,17,18,19). The van der Waals surface area contributed by atoms with Gasteiger partial charge >= 0.3 is 0 Å². The van der Waals surface area contributed by atoms with Crippen LogP contribution in [0.2, 0.25) is 0 Å². The van der Waals surface area contributed by atoms with Gasteiger partial charge in [-0.2, -0.15) is 4.98 Å². The minimum atomic E-state index is -0.338. The maximum atomic E-state index is 12.1. The second kappa shape index (κ2) is 6.34. The lowest BCUT2D eigenvalue weighted by Gasteiger charge is -2.07. The van der Waals surface area contributed by atoms with E-state index in [0.717, 1.165) is 5.56 Å². The number of benzene rings is 1. The third kappa shape index (κ3) is 3.24. The van der Waals surface area contributed by atoms with Gasteiger partial charge in [0.1, 0.15) is 11.4 Å². The van der Waals surface area contributed by atoms with Crippen molar-refractivity contribution in [1.82, 2.24) is 9.97 Å². The molecule has 0 aliphatic heterocycles. The zero-order chi connectivity index (χ0) is 14.5. The maximum absolute atomic E-state index is 12.1. The largest absolute Gasteiger partial charge is 0.493 e. The molecule has 0 amide bonds. The smallest absolute Gasteiger partial charge is 0.262 e. The van der Waals surface area contributed by atoms with Gasteiger partial charge in [-0.1, -0.05) is 29.8 Å². The summed E-state index contributed by atoms with van der Waals surface area (Å²) in [5.74, 6) is 0.184. The Bertz CT molecular complexity index is 650. The molecule has 0 saturated heterocycles. The Morgan fingerprint density at radius 2 is 2.20 bits per heavy atom. The summed E-state index contributed by atoms with van der Waals surface area (Å²) in [6.07, 6.45) is 0.463. The van der Waals surface area contributed by atoms with Crippen LogP contribution in [0.4, 0.5) is 0 Å². The molecule has 0 aliphatic rings. The van der Waals surface area contributed by atoms with Gasteiger partial charge in [0.2, 0.25) is 5.88 Å². The second-order valence-electron chi connectivity index (χ2n) is 4.53. The van der Waals surface area contributed by atoms with Crippen molar-refractivity contribution in [1.29, 1.82) is 0 Å². The van der Waals surface area contributed by atoms with Crippen LogP contribution in [-0.2, 0) is 11.2 Å². The van der Waals surface area contributed by atoms with E-state index < -0.39 is 0 Å². The number of ether oxygens (including phenoxy) is 1. The molecule has 20 heavy (non-hydrogen) atoms. The van der Waals surface area contributed by atoms with E-state index in [1.807, 2.05) is 32.0 Å². The second-order valence-corrected chi connectivity index (χ2v) is 4.53. The Balaban J connectivity index is 2.34. The number of hydrogen-bond donors (Lipinski definition) is 2. The van der Waals surface area contributed by atoms with E-state index in [9.17, 15) is 9.90 Å². The van der Waals surface area contributed by atoms with Crippen LogP contribution in [0, 0.1) is 6.92 Å². The lowest BCUT2D eigenvalue weighted by Crippen LogP contribution is -2.15. The summed E-state index contributed by atoms with van der Waals surface area (Å²) in [7, 11) is 0. The van der Waals surface area contributed by atoms with Crippen LogP contribution < -0.4 is 5.56 Å². The Hall–Kier alpha value is -2.14. The highest BCUT2D eigenvalue weighted by Gasteiger charge is 2.12. The van der Waals surface area contributed by atoms with E-state index in [1.54, 1.807) is 6.07 Å². The van der Waals surface area contributed by atoms with Gasteiger partial charge in [0.05, 0.1) is 6.61 Å². The molecule has 0 bridgehead atoms. The Morgan fingerprint density at radius 1 is 1.40 bits per heavy atom. The lowest BCUT2D eigenvalue weighted by molar-refractivity contribution is 0.149. The predicted octanol–water partition coefficient (Wildman–Crippen LogP) is 2.03. The van der Waals surface area contributed by atoms with Crippen LogP contribution >= 0.6 is 0 Å². The summed E-state index contributed by atoms with van der Waals surface area (Å²) in [4.78, 5) is 18.8. The molecular formula is C15H18N2O3. The Labute approximate surface area is 117 Å². The average molecular weight is 274 g/mol. The normalized spacial score (nSPS) is 10.7. The number of nitrogens with zero attached hydrogens (tertiary/aromatic N) is 1. The molecule has 1 aromatic heterocycles. The van der Waals surface area contributed by atoms with Crippen molar-refractivity contribution in [2.75, 3.05) is 13.2 Å². The first-order valence-electron chi connectivity index (χ1n) is 6.58. The van der Waals surface area contributed by atoms with Crippen molar-refractivity contribution in [2.45, 2.75) is 20.3 Å².